The van der Waals surface area contributed by atoms with Crippen LogP contribution in [0, 0.1) is 0 Å². The Kier molecular flexibility index (Phi) is 7.10. The largest absolute Gasteiger partial charge is 0.508 e. The SMILES string of the molecule is CC(CCc1ccc(O)cc1)NC(C)CCS(C)=O. The van der Waals surface area contributed by atoms with Crippen molar-refractivity contribution in [3.05, 3.63) is 29.8 Å². The zero-order chi connectivity index (χ0) is 14.3. The van der Waals surface area contributed by atoms with Gasteiger partial charge in [-0.05, 0) is 50.8 Å². The molecule has 0 saturated heterocycles. The third-order valence-corrected chi connectivity index (χ3v) is 4.02. The fourth-order valence-electron chi connectivity index (χ4n) is 2.04. The van der Waals surface area contributed by atoms with E-state index in [1.54, 1.807) is 18.4 Å². The monoisotopic (exact) mass is 283 g/mol. The zero-order valence-corrected chi connectivity index (χ0v) is 12.9. The Morgan fingerprint density at radius 1 is 1.16 bits per heavy atom. The minimum Gasteiger partial charge on any atom is -0.508 e. The van der Waals surface area contributed by atoms with E-state index in [0.29, 0.717) is 17.8 Å². The van der Waals surface area contributed by atoms with Crippen molar-refractivity contribution < 1.29 is 9.32 Å². The van der Waals surface area contributed by atoms with Gasteiger partial charge in [0.2, 0.25) is 0 Å². The van der Waals surface area contributed by atoms with Crippen LogP contribution in [-0.2, 0) is 17.2 Å². The fraction of sp³-hybridized carbons (Fsp3) is 0.600. The Balaban J connectivity index is 2.25. The summed E-state index contributed by atoms with van der Waals surface area (Å²) in [6.45, 7) is 4.32. The standard InChI is InChI=1S/C15H25NO2S/c1-12(16-13(2)10-11-19(3)18)4-5-14-6-8-15(17)9-7-14/h6-9,12-13,16-17H,4-5,10-11H2,1-3H3. The Labute approximate surface area is 118 Å². The number of hydrogen-bond donors (Lipinski definition) is 2. The van der Waals surface area contributed by atoms with Crippen molar-refractivity contribution in [2.75, 3.05) is 12.0 Å². The molecule has 3 nitrogen and oxygen atoms in total. The van der Waals surface area contributed by atoms with Crippen LogP contribution in [0.2, 0.25) is 0 Å². The van der Waals surface area contributed by atoms with Crippen LogP contribution in [-0.4, -0.2) is 33.4 Å². The van der Waals surface area contributed by atoms with Crippen LogP contribution >= 0.6 is 0 Å². The molecule has 108 valence electrons. The predicted molar refractivity (Wildman–Crippen MR) is 82.0 cm³/mol. The molecule has 0 heterocycles. The van der Waals surface area contributed by atoms with Crippen LogP contribution in [0.1, 0.15) is 32.3 Å². The molecule has 3 unspecified atom stereocenters. The molecular formula is C15H25NO2S. The van der Waals surface area contributed by atoms with Gasteiger partial charge in [0.1, 0.15) is 5.75 Å². The minimum absolute atomic E-state index is 0.316. The molecule has 0 aliphatic carbocycles. The van der Waals surface area contributed by atoms with Crippen molar-refractivity contribution >= 4 is 10.8 Å². The number of rotatable bonds is 8. The third-order valence-electron chi connectivity index (χ3n) is 3.21. The molecule has 0 bridgehead atoms. The van der Waals surface area contributed by atoms with E-state index in [4.69, 9.17) is 0 Å². The van der Waals surface area contributed by atoms with E-state index in [-0.39, 0.29) is 0 Å². The van der Waals surface area contributed by atoms with Gasteiger partial charge in [-0.15, -0.1) is 0 Å². The molecule has 0 aliphatic rings. The van der Waals surface area contributed by atoms with E-state index in [1.165, 1.54) is 5.56 Å². The molecule has 1 aromatic carbocycles. The summed E-state index contributed by atoms with van der Waals surface area (Å²) in [5.41, 5.74) is 1.24. The summed E-state index contributed by atoms with van der Waals surface area (Å²) < 4.78 is 11.0. The van der Waals surface area contributed by atoms with Gasteiger partial charge in [-0.2, -0.15) is 0 Å². The first-order valence-electron chi connectivity index (χ1n) is 6.81. The van der Waals surface area contributed by atoms with Gasteiger partial charge in [0.05, 0.1) is 0 Å². The van der Waals surface area contributed by atoms with Crippen molar-refractivity contribution in [3.63, 3.8) is 0 Å². The second kappa shape index (κ2) is 8.33. The average molecular weight is 283 g/mol. The number of hydrogen-bond acceptors (Lipinski definition) is 3. The first kappa shape index (κ1) is 16.2. The number of nitrogens with one attached hydrogen (secondary N) is 1. The van der Waals surface area contributed by atoms with Crippen molar-refractivity contribution in [3.8, 4) is 5.75 Å². The third kappa shape index (κ3) is 7.33. The summed E-state index contributed by atoms with van der Waals surface area (Å²) in [7, 11) is -0.700. The topological polar surface area (TPSA) is 49.3 Å². The quantitative estimate of drug-likeness (QED) is 0.770. The molecule has 19 heavy (non-hydrogen) atoms. The molecule has 2 N–H and O–H groups in total. The van der Waals surface area contributed by atoms with E-state index < -0.39 is 10.8 Å². The predicted octanol–water partition coefficient (Wildman–Crippen LogP) is 2.46. The second-order valence-corrected chi connectivity index (χ2v) is 6.79. The van der Waals surface area contributed by atoms with Gasteiger partial charge in [-0.25, -0.2) is 0 Å². The first-order valence-corrected chi connectivity index (χ1v) is 8.54. The lowest BCUT2D eigenvalue weighted by atomic mass is 10.1. The first-order chi connectivity index (χ1) is 8.97. The number of phenolic OH excluding ortho intramolecular Hbond substituents is 1. The number of aromatic hydroxyl groups is 1. The highest BCUT2D eigenvalue weighted by Gasteiger charge is 2.08. The Morgan fingerprint density at radius 2 is 1.74 bits per heavy atom. The van der Waals surface area contributed by atoms with Crippen molar-refractivity contribution in [1.29, 1.82) is 0 Å². The molecule has 0 amide bonds. The van der Waals surface area contributed by atoms with E-state index in [9.17, 15) is 9.32 Å². The van der Waals surface area contributed by atoms with E-state index in [0.717, 1.165) is 25.0 Å². The molecule has 0 radical (unpaired) electrons. The maximum Gasteiger partial charge on any atom is 0.115 e. The van der Waals surface area contributed by atoms with Gasteiger partial charge < -0.3 is 10.4 Å². The normalized spacial score (nSPS) is 15.9. The van der Waals surface area contributed by atoms with Gasteiger partial charge in [-0.1, -0.05) is 12.1 Å². The van der Waals surface area contributed by atoms with E-state index in [2.05, 4.69) is 19.2 Å². The van der Waals surface area contributed by atoms with Crippen LogP contribution in [0.3, 0.4) is 0 Å². The van der Waals surface area contributed by atoms with Gasteiger partial charge >= 0.3 is 0 Å². The summed E-state index contributed by atoms with van der Waals surface area (Å²) in [6.07, 6.45) is 4.76. The van der Waals surface area contributed by atoms with Crippen LogP contribution in [0.15, 0.2) is 24.3 Å². The maximum atomic E-state index is 11.0. The highest BCUT2D eigenvalue weighted by Crippen LogP contribution is 2.12. The molecule has 0 spiro atoms. The number of phenols is 1. The highest BCUT2D eigenvalue weighted by atomic mass is 32.2. The molecule has 0 fully saturated rings. The lowest BCUT2D eigenvalue weighted by molar-refractivity contribution is 0.439. The molecule has 0 aliphatic heterocycles. The molecule has 0 aromatic heterocycles. The van der Waals surface area contributed by atoms with Gasteiger partial charge in [-0.3, -0.25) is 4.21 Å². The lowest BCUT2D eigenvalue weighted by Gasteiger charge is -2.19. The van der Waals surface area contributed by atoms with Crippen molar-refractivity contribution in [1.82, 2.24) is 5.32 Å². The lowest BCUT2D eigenvalue weighted by Crippen LogP contribution is -2.35. The second-order valence-electron chi connectivity index (χ2n) is 5.24. The van der Waals surface area contributed by atoms with Gasteiger partial charge in [0.15, 0.2) is 0 Å². The van der Waals surface area contributed by atoms with Gasteiger partial charge in [0, 0.05) is 34.9 Å². The minimum atomic E-state index is -0.700. The summed E-state index contributed by atoms with van der Waals surface area (Å²) in [5, 5.41) is 12.8. The Hall–Kier alpha value is -0.870. The van der Waals surface area contributed by atoms with E-state index in [1.807, 2.05) is 12.1 Å². The summed E-state index contributed by atoms with van der Waals surface area (Å²) in [5.74, 6) is 1.08. The maximum absolute atomic E-state index is 11.0. The smallest absolute Gasteiger partial charge is 0.115 e. The summed E-state index contributed by atoms with van der Waals surface area (Å²) in [4.78, 5) is 0. The Bertz CT molecular complexity index is 392. The van der Waals surface area contributed by atoms with Gasteiger partial charge in [0.25, 0.3) is 0 Å². The van der Waals surface area contributed by atoms with Crippen LogP contribution in [0.25, 0.3) is 0 Å². The number of benzene rings is 1. The zero-order valence-electron chi connectivity index (χ0n) is 12.1. The molecule has 4 heteroatoms. The van der Waals surface area contributed by atoms with E-state index >= 15 is 0 Å². The molecular weight excluding hydrogens is 258 g/mol. The summed E-state index contributed by atoms with van der Waals surface area (Å²) >= 11 is 0. The number of aryl methyl sites for hydroxylation is 1. The molecule has 1 aromatic rings. The Morgan fingerprint density at radius 3 is 2.32 bits per heavy atom. The molecule has 0 saturated carbocycles. The average Bonchev–Trinajstić information content (AvgIpc) is 2.36. The van der Waals surface area contributed by atoms with Crippen molar-refractivity contribution in [2.24, 2.45) is 0 Å². The molecule has 3 atom stereocenters. The molecule has 1 rings (SSSR count). The highest BCUT2D eigenvalue weighted by molar-refractivity contribution is 7.84. The van der Waals surface area contributed by atoms with Crippen LogP contribution in [0.4, 0.5) is 0 Å². The van der Waals surface area contributed by atoms with Crippen LogP contribution < -0.4 is 5.32 Å². The summed E-state index contributed by atoms with van der Waals surface area (Å²) in [6, 6.07) is 8.23. The fourth-order valence-corrected chi connectivity index (χ4v) is 2.73. The van der Waals surface area contributed by atoms with Crippen molar-refractivity contribution in [2.45, 2.75) is 45.2 Å². The van der Waals surface area contributed by atoms with Crippen LogP contribution in [0.5, 0.6) is 5.75 Å².